The summed E-state index contributed by atoms with van der Waals surface area (Å²) in [7, 11) is 1.74. The van der Waals surface area contributed by atoms with E-state index in [-0.39, 0.29) is 5.91 Å². The lowest BCUT2D eigenvalue weighted by molar-refractivity contribution is 0.102. The van der Waals surface area contributed by atoms with Gasteiger partial charge in [0.25, 0.3) is 5.91 Å². The molecule has 1 heterocycles. The van der Waals surface area contributed by atoms with Gasteiger partial charge in [0.05, 0.1) is 11.3 Å². The van der Waals surface area contributed by atoms with Gasteiger partial charge in [-0.25, -0.2) is 4.98 Å². The number of amides is 1. The van der Waals surface area contributed by atoms with Crippen molar-refractivity contribution in [3.05, 3.63) is 50.0 Å². The number of benzene rings is 1. The first-order valence-corrected chi connectivity index (χ1v) is 7.92. The van der Waals surface area contributed by atoms with Crippen LogP contribution in [-0.4, -0.2) is 17.9 Å². The molecule has 1 amide bonds. The highest BCUT2D eigenvalue weighted by Gasteiger charge is 2.15. The Bertz CT molecular complexity index is 678. The Morgan fingerprint density at radius 1 is 1.19 bits per heavy atom. The number of anilines is 2. The van der Waals surface area contributed by atoms with Crippen molar-refractivity contribution in [1.29, 1.82) is 0 Å². The first-order valence-electron chi connectivity index (χ1n) is 6.33. The predicted octanol–water partition coefficient (Wildman–Crippen LogP) is 4.52. The smallest absolute Gasteiger partial charge is 0.259 e. The maximum atomic E-state index is 12.5. The molecule has 0 aliphatic carbocycles. The molecule has 0 spiro atoms. The molecule has 110 valence electrons. The second-order valence-corrected chi connectivity index (χ2v) is 6.46. The Morgan fingerprint density at radius 2 is 1.90 bits per heavy atom. The highest BCUT2D eigenvalue weighted by molar-refractivity contribution is 9.10. The van der Waals surface area contributed by atoms with E-state index in [4.69, 9.17) is 0 Å². The van der Waals surface area contributed by atoms with Crippen LogP contribution < -0.4 is 10.6 Å². The Kier molecular flexibility index (Phi) is 5.00. The molecule has 0 aliphatic rings. The molecule has 1 aromatic carbocycles. The number of aryl methyl sites for hydroxylation is 2. The van der Waals surface area contributed by atoms with E-state index in [0.717, 1.165) is 25.8 Å². The van der Waals surface area contributed by atoms with Crippen molar-refractivity contribution >= 4 is 49.3 Å². The molecule has 21 heavy (non-hydrogen) atoms. The third-order valence-electron chi connectivity index (χ3n) is 3.01. The molecule has 0 saturated carbocycles. The summed E-state index contributed by atoms with van der Waals surface area (Å²) >= 11 is 6.83. The third kappa shape index (κ3) is 3.63. The summed E-state index contributed by atoms with van der Waals surface area (Å²) in [6, 6.07) is 5.74. The van der Waals surface area contributed by atoms with E-state index in [1.807, 2.05) is 26.0 Å². The van der Waals surface area contributed by atoms with Gasteiger partial charge in [0.15, 0.2) is 0 Å². The number of nitrogens with one attached hydrogen (secondary N) is 2. The maximum absolute atomic E-state index is 12.5. The number of carbonyl (C=O) groups is 1. The highest BCUT2D eigenvalue weighted by Crippen LogP contribution is 2.29. The van der Waals surface area contributed by atoms with E-state index in [0.29, 0.717) is 11.4 Å². The average molecular weight is 413 g/mol. The van der Waals surface area contributed by atoms with E-state index in [9.17, 15) is 4.79 Å². The van der Waals surface area contributed by atoms with Crippen LogP contribution in [0.3, 0.4) is 0 Å². The van der Waals surface area contributed by atoms with Crippen molar-refractivity contribution in [3.8, 4) is 0 Å². The van der Waals surface area contributed by atoms with Gasteiger partial charge in [-0.2, -0.15) is 0 Å². The lowest BCUT2D eigenvalue weighted by atomic mass is 10.1. The molecule has 2 N–H and O–H groups in total. The van der Waals surface area contributed by atoms with Crippen LogP contribution >= 0.6 is 31.9 Å². The fraction of sp³-hybridized carbons (Fsp3) is 0.200. The lowest BCUT2D eigenvalue weighted by Gasteiger charge is -2.13. The summed E-state index contributed by atoms with van der Waals surface area (Å²) in [6.45, 7) is 3.98. The second kappa shape index (κ2) is 6.58. The summed E-state index contributed by atoms with van der Waals surface area (Å²) in [5, 5.41) is 5.86. The lowest BCUT2D eigenvalue weighted by Crippen LogP contribution is -2.16. The minimum absolute atomic E-state index is 0.208. The summed E-state index contributed by atoms with van der Waals surface area (Å²) < 4.78 is 1.62. The molecule has 0 radical (unpaired) electrons. The highest BCUT2D eigenvalue weighted by atomic mass is 79.9. The van der Waals surface area contributed by atoms with Crippen molar-refractivity contribution in [1.82, 2.24) is 4.98 Å². The van der Waals surface area contributed by atoms with Gasteiger partial charge in [-0.3, -0.25) is 4.79 Å². The quantitative estimate of drug-likeness (QED) is 0.779. The van der Waals surface area contributed by atoms with Gasteiger partial charge < -0.3 is 10.6 Å². The zero-order valence-corrected chi connectivity index (χ0v) is 15.1. The normalized spacial score (nSPS) is 10.3. The number of halogens is 2. The van der Waals surface area contributed by atoms with Crippen LogP contribution in [0.1, 0.15) is 21.5 Å². The molecule has 4 nitrogen and oxygen atoms in total. The Balaban J connectivity index is 2.37. The largest absolute Gasteiger partial charge is 0.372 e. The molecule has 0 saturated heterocycles. The van der Waals surface area contributed by atoms with Crippen molar-refractivity contribution in [2.45, 2.75) is 13.8 Å². The fourth-order valence-corrected chi connectivity index (χ4v) is 3.17. The van der Waals surface area contributed by atoms with Crippen LogP contribution in [0.25, 0.3) is 0 Å². The maximum Gasteiger partial charge on any atom is 0.259 e. The first-order chi connectivity index (χ1) is 9.92. The van der Waals surface area contributed by atoms with Gasteiger partial charge in [-0.05, 0) is 69.0 Å². The number of hydrogen-bond acceptors (Lipinski definition) is 3. The molecule has 0 bridgehead atoms. The van der Waals surface area contributed by atoms with Gasteiger partial charge in [0, 0.05) is 22.2 Å². The zero-order chi connectivity index (χ0) is 15.6. The second-order valence-electron chi connectivity index (χ2n) is 4.69. The van der Waals surface area contributed by atoms with E-state index in [2.05, 4.69) is 47.5 Å². The number of aromatic nitrogens is 1. The summed E-state index contributed by atoms with van der Waals surface area (Å²) in [6.07, 6.45) is 1.65. The molecule has 0 fully saturated rings. The Hall–Kier alpha value is -1.40. The monoisotopic (exact) mass is 411 g/mol. The minimum Gasteiger partial charge on any atom is -0.372 e. The molecule has 0 unspecified atom stereocenters. The molecule has 0 atom stereocenters. The molecule has 0 aliphatic heterocycles. The average Bonchev–Trinajstić information content (AvgIpc) is 2.42. The Morgan fingerprint density at radius 3 is 2.52 bits per heavy atom. The first kappa shape index (κ1) is 16.0. The summed E-state index contributed by atoms with van der Waals surface area (Å²) in [5.74, 6) is 0.331. The molecule has 2 aromatic rings. The third-order valence-corrected chi connectivity index (χ3v) is 4.07. The zero-order valence-electron chi connectivity index (χ0n) is 11.9. The van der Waals surface area contributed by atoms with Gasteiger partial charge in [-0.15, -0.1) is 0 Å². The Labute approximate surface area is 140 Å². The minimum atomic E-state index is -0.208. The van der Waals surface area contributed by atoms with Crippen LogP contribution in [-0.2, 0) is 0 Å². The molecular formula is C15H15Br2N3O. The molecule has 6 heteroatoms. The number of pyridine rings is 1. The van der Waals surface area contributed by atoms with E-state index >= 15 is 0 Å². The number of hydrogen-bond donors (Lipinski definition) is 2. The van der Waals surface area contributed by atoms with Crippen LogP contribution in [0.4, 0.5) is 11.5 Å². The van der Waals surface area contributed by atoms with Gasteiger partial charge in [-0.1, -0.05) is 6.07 Å². The number of nitrogens with zero attached hydrogens (tertiary/aromatic N) is 1. The van der Waals surface area contributed by atoms with Crippen LogP contribution in [0.5, 0.6) is 0 Å². The fourth-order valence-electron chi connectivity index (χ4n) is 2.07. The van der Waals surface area contributed by atoms with E-state index < -0.39 is 0 Å². The summed E-state index contributed by atoms with van der Waals surface area (Å²) in [5.41, 5.74) is 3.40. The summed E-state index contributed by atoms with van der Waals surface area (Å²) in [4.78, 5) is 16.7. The molecular weight excluding hydrogens is 398 g/mol. The van der Waals surface area contributed by atoms with Crippen molar-refractivity contribution in [3.63, 3.8) is 0 Å². The van der Waals surface area contributed by atoms with Crippen LogP contribution in [0.15, 0.2) is 33.3 Å². The number of carbonyl (C=O) groups excluding carboxylic acids is 1. The van der Waals surface area contributed by atoms with E-state index in [1.54, 1.807) is 19.3 Å². The van der Waals surface area contributed by atoms with Crippen molar-refractivity contribution in [2.75, 3.05) is 17.7 Å². The van der Waals surface area contributed by atoms with E-state index in [1.165, 1.54) is 0 Å². The molecule has 1 aromatic heterocycles. The van der Waals surface area contributed by atoms with Gasteiger partial charge in [0.1, 0.15) is 5.82 Å². The SMILES string of the molecule is CNc1ncc(Br)cc1C(=O)Nc1c(C)cc(C)cc1Br. The van der Waals surface area contributed by atoms with Gasteiger partial charge in [0.2, 0.25) is 0 Å². The standard InChI is InChI=1S/C15H15Br2N3O/c1-8-4-9(2)13(12(17)5-8)20-15(21)11-6-10(16)7-19-14(11)18-3/h4-7H,1-3H3,(H,18,19)(H,20,21). The topological polar surface area (TPSA) is 54.0 Å². The number of rotatable bonds is 3. The van der Waals surface area contributed by atoms with Crippen molar-refractivity contribution in [2.24, 2.45) is 0 Å². The van der Waals surface area contributed by atoms with Crippen molar-refractivity contribution < 1.29 is 4.79 Å². The van der Waals surface area contributed by atoms with Crippen LogP contribution in [0.2, 0.25) is 0 Å². The molecule has 2 rings (SSSR count). The predicted molar refractivity (Wildman–Crippen MR) is 93.1 cm³/mol. The van der Waals surface area contributed by atoms with Gasteiger partial charge >= 0.3 is 0 Å². The van der Waals surface area contributed by atoms with Crippen LogP contribution in [0, 0.1) is 13.8 Å².